The topological polar surface area (TPSA) is 23.6 Å². The van der Waals surface area contributed by atoms with Crippen LogP contribution < -0.4 is 9.80 Å². The van der Waals surface area contributed by atoms with E-state index in [-0.39, 0.29) is 5.91 Å². The normalized spacial score (nSPS) is 13.6. The van der Waals surface area contributed by atoms with Crippen LogP contribution in [0, 0.1) is 0 Å². The summed E-state index contributed by atoms with van der Waals surface area (Å²) in [5.41, 5.74) is 5.68. The Bertz CT molecular complexity index is 659. The second-order valence-corrected chi connectivity index (χ2v) is 5.41. The highest BCUT2D eigenvalue weighted by Gasteiger charge is 2.23. The van der Waals surface area contributed by atoms with Gasteiger partial charge in [-0.2, -0.15) is 0 Å². The SMILES string of the molecule is CN(C)c1ccc(-c2ccc3c(c2)CC(=O)N3C)cc1. The summed E-state index contributed by atoms with van der Waals surface area (Å²) in [4.78, 5) is 15.5. The molecule has 0 fully saturated rings. The van der Waals surface area contributed by atoms with E-state index in [1.54, 1.807) is 4.90 Å². The third-order valence-corrected chi connectivity index (χ3v) is 3.87. The number of carbonyl (C=O) groups is 1. The third kappa shape index (κ3) is 2.05. The Morgan fingerprint density at radius 2 is 1.65 bits per heavy atom. The smallest absolute Gasteiger partial charge is 0.231 e. The van der Waals surface area contributed by atoms with Crippen LogP contribution in [0.5, 0.6) is 0 Å². The van der Waals surface area contributed by atoms with Crippen LogP contribution in [-0.4, -0.2) is 27.1 Å². The molecule has 2 aromatic rings. The van der Waals surface area contributed by atoms with Crippen LogP contribution in [0.3, 0.4) is 0 Å². The Morgan fingerprint density at radius 3 is 2.30 bits per heavy atom. The number of likely N-dealkylation sites (N-methyl/N-ethyl adjacent to an activating group) is 1. The van der Waals surface area contributed by atoms with E-state index in [1.165, 1.54) is 11.3 Å². The van der Waals surface area contributed by atoms with Crippen LogP contribution in [0.25, 0.3) is 11.1 Å². The van der Waals surface area contributed by atoms with Crippen molar-refractivity contribution in [1.29, 1.82) is 0 Å². The van der Waals surface area contributed by atoms with Gasteiger partial charge in [-0.3, -0.25) is 4.79 Å². The number of carbonyl (C=O) groups excluding carboxylic acids is 1. The first kappa shape index (κ1) is 12.7. The Balaban J connectivity index is 1.96. The minimum atomic E-state index is 0.167. The van der Waals surface area contributed by atoms with E-state index in [9.17, 15) is 4.79 Å². The van der Waals surface area contributed by atoms with Gasteiger partial charge >= 0.3 is 0 Å². The van der Waals surface area contributed by atoms with E-state index in [4.69, 9.17) is 0 Å². The molecule has 2 aromatic carbocycles. The quantitative estimate of drug-likeness (QED) is 0.834. The lowest BCUT2D eigenvalue weighted by Crippen LogP contribution is -2.20. The van der Waals surface area contributed by atoms with Gasteiger partial charge in [0.1, 0.15) is 0 Å². The number of anilines is 2. The van der Waals surface area contributed by atoms with Gasteiger partial charge in [0.25, 0.3) is 0 Å². The molecule has 0 unspecified atom stereocenters. The summed E-state index contributed by atoms with van der Waals surface area (Å²) in [6.07, 6.45) is 0.509. The van der Waals surface area contributed by atoms with Crippen molar-refractivity contribution in [2.45, 2.75) is 6.42 Å². The summed E-state index contributed by atoms with van der Waals surface area (Å²) in [6.45, 7) is 0. The molecule has 0 radical (unpaired) electrons. The van der Waals surface area contributed by atoms with Crippen molar-refractivity contribution in [1.82, 2.24) is 0 Å². The Morgan fingerprint density at radius 1 is 1.00 bits per heavy atom. The van der Waals surface area contributed by atoms with E-state index >= 15 is 0 Å². The largest absolute Gasteiger partial charge is 0.378 e. The molecule has 0 saturated carbocycles. The lowest BCUT2D eigenvalue weighted by atomic mass is 10.0. The maximum Gasteiger partial charge on any atom is 0.231 e. The van der Waals surface area contributed by atoms with Gasteiger partial charge in [-0.1, -0.05) is 18.2 Å². The average Bonchev–Trinajstić information content (AvgIpc) is 2.74. The van der Waals surface area contributed by atoms with Gasteiger partial charge in [-0.15, -0.1) is 0 Å². The highest BCUT2D eigenvalue weighted by molar-refractivity contribution is 6.01. The predicted molar refractivity (Wildman–Crippen MR) is 83.3 cm³/mol. The number of amides is 1. The van der Waals surface area contributed by atoms with Gasteiger partial charge in [0.15, 0.2) is 0 Å². The van der Waals surface area contributed by atoms with Crippen LogP contribution in [0.1, 0.15) is 5.56 Å². The average molecular weight is 266 g/mol. The summed E-state index contributed by atoms with van der Waals surface area (Å²) < 4.78 is 0. The summed E-state index contributed by atoms with van der Waals surface area (Å²) in [5.74, 6) is 0.167. The summed E-state index contributed by atoms with van der Waals surface area (Å²) in [7, 11) is 5.90. The van der Waals surface area contributed by atoms with Crippen molar-refractivity contribution < 1.29 is 4.79 Å². The van der Waals surface area contributed by atoms with Gasteiger partial charge < -0.3 is 9.80 Å². The van der Waals surface area contributed by atoms with Crippen LogP contribution in [0.2, 0.25) is 0 Å². The Kier molecular flexibility index (Phi) is 2.97. The second-order valence-electron chi connectivity index (χ2n) is 5.41. The van der Waals surface area contributed by atoms with Crippen molar-refractivity contribution in [3.63, 3.8) is 0 Å². The van der Waals surface area contributed by atoms with E-state index in [0.29, 0.717) is 6.42 Å². The van der Waals surface area contributed by atoms with Crippen molar-refractivity contribution in [3.05, 3.63) is 48.0 Å². The molecule has 3 rings (SSSR count). The number of nitrogens with zero attached hydrogens (tertiary/aromatic N) is 2. The lowest BCUT2D eigenvalue weighted by molar-refractivity contribution is -0.117. The summed E-state index contributed by atoms with van der Waals surface area (Å²) >= 11 is 0. The molecular formula is C17H18N2O. The molecule has 0 atom stereocenters. The minimum Gasteiger partial charge on any atom is -0.378 e. The summed E-state index contributed by atoms with van der Waals surface area (Å²) in [6, 6.07) is 14.7. The second kappa shape index (κ2) is 4.67. The van der Waals surface area contributed by atoms with E-state index < -0.39 is 0 Å². The highest BCUT2D eigenvalue weighted by Crippen LogP contribution is 2.32. The van der Waals surface area contributed by atoms with Crippen LogP contribution in [0.4, 0.5) is 11.4 Å². The number of fused-ring (bicyclic) bond motifs is 1. The minimum absolute atomic E-state index is 0.167. The third-order valence-electron chi connectivity index (χ3n) is 3.87. The molecule has 1 aliphatic heterocycles. The van der Waals surface area contributed by atoms with E-state index in [2.05, 4.69) is 41.3 Å². The molecule has 102 valence electrons. The molecule has 20 heavy (non-hydrogen) atoms. The Labute approximate surface area is 119 Å². The molecule has 0 saturated heterocycles. The zero-order chi connectivity index (χ0) is 14.3. The fourth-order valence-electron chi connectivity index (χ4n) is 2.60. The van der Waals surface area contributed by atoms with Crippen LogP contribution in [0.15, 0.2) is 42.5 Å². The van der Waals surface area contributed by atoms with Crippen molar-refractivity contribution in [2.75, 3.05) is 30.9 Å². The molecule has 0 bridgehead atoms. The zero-order valence-corrected chi connectivity index (χ0v) is 12.1. The van der Waals surface area contributed by atoms with Crippen molar-refractivity contribution in [3.8, 4) is 11.1 Å². The van der Waals surface area contributed by atoms with E-state index in [0.717, 1.165) is 16.8 Å². The monoisotopic (exact) mass is 266 g/mol. The number of rotatable bonds is 2. The molecule has 1 aliphatic rings. The molecule has 1 heterocycles. The molecule has 0 aromatic heterocycles. The van der Waals surface area contributed by atoms with Gasteiger partial charge in [-0.25, -0.2) is 0 Å². The molecule has 0 N–H and O–H groups in total. The van der Waals surface area contributed by atoms with Gasteiger partial charge in [0.2, 0.25) is 5.91 Å². The molecule has 3 heteroatoms. The highest BCUT2D eigenvalue weighted by atomic mass is 16.2. The molecule has 1 amide bonds. The maximum absolute atomic E-state index is 11.7. The number of hydrogen-bond donors (Lipinski definition) is 0. The first-order valence-electron chi connectivity index (χ1n) is 6.73. The van der Waals surface area contributed by atoms with Crippen LogP contribution in [-0.2, 0) is 11.2 Å². The number of benzene rings is 2. The first-order chi connectivity index (χ1) is 9.56. The van der Waals surface area contributed by atoms with Gasteiger partial charge in [-0.05, 0) is 41.0 Å². The first-order valence-corrected chi connectivity index (χ1v) is 6.73. The van der Waals surface area contributed by atoms with Crippen molar-refractivity contribution in [2.24, 2.45) is 0 Å². The van der Waals surface area contributed by atoms with Gasteiger partial charge in [0.05, 0.1) is 6.42 Å². The number of hydrogen-bond acceptors (Lipinski definition) is 2. The fraction of sp³-hybridized carbons (Fsp3) is 0.235. The molecular weight excluding hydrogens is 248 g/mol. The summed E-state index contributed by atoms with van der Waals surface area (Å²) in [5, 5.41) is 0. The standard InChI is InChI=1S/C17H18N2O/c1-18(2)15-7-4-12(5-8-15)13-6-9-16-14(10-13)11-17(20)19(16)3/h4-10H,11H2,1-3H3. The fourth-order valence-corrected chi connectivity index (χ4v) is 2.60. The van der Waals surface area contributed by atoms with E-state index in [1.807, 2.05) is 27.2 Å². The molecule has 0 spiro atoms. The Hall–Kier alpha value is -2.29. The van der Waals surface area contributed by atoms with Crippen LogP contribution >= 0.6 is 0 Å². The maximum atomic E-state index is 11.7. The lowest BCUT2D eigenvalue weighted by Gasteiger charge is -2.13. The zero-order valence-electron chi connectivity index (χ0n) is 12.1. The van der Waals surface area contributed by atoms with Crippen molar-refractivity contribution >= 4 is 17.3 Å². The van der Waals surface area contributed by atoms with Gasteiger partial charge in [0, 0.05) is 32.5 Å². The molecule has 0 aliphatic carbocycles. The molecule has 3 nitrogen and oxygen atoms in total. The predicted octanol–water partition coefficient (Wildman–Crippen LogP) is 2.94.